The van der Waals surface area contributed by atoms with Gasteiger partial charge in [-0.3, -0.25) is 9.69 Å². The Hall–Kier alpha value is -2.20. The van der Waals surface area contributed by atoms with Crippen LogP contribution in [0, 0.1) is 11.7 Å². The number of carbonyl (C=O) groups is 1. The highest BCUT2D eigenvalue weighted by atomic mass is 19.1. The van der Waals surface area contributed by atoms with Crippen molar-refractivity contribution in [3.8, 4) is 0 Å². The predicted molar refractivity (Wildman–Crippen MR) is 99.9 cm³/mol. The molecule has 136 valence electrons. The Balaban J connectivity index is 1.52. The number of nitrogens with zero attached hydrogens (tertiary/aromatic N) is 1. The van der Waals surface area contributed by atoms with Crippen LogP contribution in [0.2, 0.25) is 0 Å². The first-order chi connectivity index (χ1) is 12.7. The van der Waals surface area contributed by atoms with E-state index in [2.05, 4.69) is 22.3 Å². The van der Waals surface area contributed by atoms with Gasteiger partial charge in [0.05, 0.1) is 5.92 Å². The van der Waals surface area contributed by atoms with E-state index in [0.29, 0.717) is 6.04 Å². The molecule has 1 aliphatic carbocycles. The number of piperidine rings is 1. The molecule has 0 spiro atoms. The normalized spacial score (nSPS) is 23.6. The van der Waals surface area contributed by atoms with Gasteiger partial charge in [0.25, 0.3) is 0 Å². The molecular formula is C22H25FN2O. The lowest BCUT2D eigenvalue weighted by molar-refractivity contribution is -0.127. The molecule has 1 amide bonds. The van der Waals surface area contributed by atoms with Gasteiger partial charge in [0.2, 0.25) is 5.91 Å². The van der Waals surface area contributed by atoms with Gasteiger partial charge in [0.15, 0.2) is 0 Å². The molecule has 0 aromatic heterocycles. The smallest absolute Gasteiger partial charge is 0.224 e. The van der Waals surface area contributed by atoms with Crippen molar-refractivity contribution < 1.29 is 9.18 Å². The Kier molecular flexibility index (Phi) is 5.02. The second-order valence-electron chi connectivity index (χ2n) is 7.54. The maximum absolute atomic E-state index is 13.3. The molecule has 1 saturated heterocycles. The number of carbonyl (C=O) groups excluding carboxylic acids is 1. The fourth-order valence-electron chi connectivity index (χ4n) is 3.86. The van der Waals surface area contributed by atoms with Crippen LogP contribution < -0.4 is 5.32 Å². The molecule has 1 aliphatic heterocycles. The molecule has 2 unspecified atom stereocenters. The van der Waals surface area contributed by atoms with Gasteiger partial charge in [-0.1, -0.05) is 42.5 Å². The summed E-state index contributed by atoms with van der Waals surface area (Å²) in [5.74, 6) is 0.0278. The van der Waals surface area contributed by atoms with E-state index in [1.165, 1.54) is 17.7 Å². The van der Waals surface area contributed by atoms with Crippen LogP contribution in [-0.2, 0) is 11.3 Å². The molecule has 26 heavy (non-hydrogen) atoms. The quantitative estimate of drug-likeness (QED) is 0.880. The number of benzene rings is 2. The summed E-state index contributed by atoms with van der Waals surface area (Å²) in [5.41, 5.74) is 2.37. The van der Waals surface area contributed by atoms with Crippen molar-refractivity contribution in [1.82, 2.24) is 10.2 Å². The van der Waals surface area contributed by atoms with Gasteiger partial charge >= 0.3 is 0 Å². The van der Waals surface area contributed by atoms with Crippen molar-refractivity contribution >= 4 is 5.91 Å². The average Bonchev–Trinajstić information content (AvgIpc) is 3.47. The van der Waals surface area contributed by atoms with Crippen LogP contribution in [0.1, 0.15) is 42.9 Å². The summed E-state index contributed by atoms with van der Waals surface area (Å²) < 4.78 is 13.3. The maximum atomic E-state index is 13.3. The highest BCUT2D eigenvalue weighted by Crippen LogP contribution is 2.35. The highest BCUT2D eigenvalue weighted by molar-refractivity contribution is 5.79. The van der Waals surface area contributed by atoms with Crippen molar-refractivity contribution in [2.24, 2.45) is 5.92 Å². The molecule has 0 bridgehead atoms. The van der Waals surface area contributed by atoms with E-state index in [1.54, 1.807) is 0 Å². The second-order valence-corrected chi connectivity index (χ2v) is 7.54. The molecule has 2 atom stereocenters. The number of nitrogens with one attached hydrogen (secondary N) is 1. The number of hydrogen-bond acceptors (Lipinski definition) is 2. The van der Waals surface area contributed by atoms with Crippen LogP contribution in [0.25, 0.3) is 0 Å². The van der Waals surface area contributed by atoms with Crippen LogP contribution >= 0.6 is 0 Å². The lowest BCUT2D eigenvalue weighted by atomic mass is 9.88. The minimum atomic E-state index is -0.208. The molecule has 1 heterocycles. The first kappa shape index (κ1) is 17.2. The van der Waals surface area contributed by atoms with Gasteiger partial charge in [-0.25, -0.2) is 4.39 Å². The van der Waals surface area contributed by atoms with Crippen LogP contribution in [0.4, 0.5) is 4.39 Å². The van der Waals surface area contributed by atoms with Crippen molar-refractivity contribution in [2.45, 2.75) is 44.3 Å². The first-order valence-corrected chi connectivity index (χ1v) is 9.53. The summed E-state index contributed by atoms with van der Waals surface area (Å²) >= 11 is 0. The minimum absolute atomic E-state index is 0.0380. The van der Waals surface area contributed by atoms with Crippen LogP contribution in [-0.4, -0.2) is 23.4 Å². The summed E-state index contributed by atoms with van der Waals surface area (Å²) in [6.07, 6.45) is 4.03. The van der Waals surface area contributed by atoms with Gasteiger partial charge in [0, 0.05) is 25.2 Å². The van der Waals surface area contributed by atoms with E-state index in [0.717, 1.165) is 44.3 Å². The summed E-state index contributed by atoms with van der Waals surface area (Å²) in [4.78, 5) is 14.9. The maximum Gasteiger partial charge on any atom is 0.224 e. The van der Waals surface area contributed by atoms with E-state index in [9.17, 15) is 9.18 Å². The predicted octanol–water partition coefficient (Wildman–Crippen LogP) is 4.06. The van der Waals surface area contributed by atoms with Crippen LogP contribution in [0.5, 0.6) is 0 Å². The average molecular weight is 352 g/mol. The van der Waals surface area contributed by atoms with Gasteiger partial charge < -0.3 is 5.32 Å². The zero-order valence-corrected chi connectivity index (χ0v) is 14.9. The van der Waals surface area contributed by atoms with Gasteiger partial charge in [-0.15, -0.1) is 0 Å². The van der Waals surface area contributed by atoms with Crippen molar-refractivity contribution in [3.05, 3.63) is 71.5 Å². The summed E-state index contributed by atoms with van der Waals surface area (Å²) in [6.45, 7) is 1.55. The lowest BCUT2D eigenvalue weighted by Crippen LogP contribution is -2.44. The Morgan fingerprint density at radius 1 is 1.00 bits per heavy atom. The number of likely N-dealkylation sites (tertiary alicyclic amines) is 1. The molecule has 2 aromatic carbocycles. The first-order valence-electron chi connectivity index (χ1n) is 9.53. The van der Waals surface area contributed by atoms with E-state index in [1.807, 2.05) is 30.3 Å². The third-order valence-electron chi connectivity index (χ3n) is 5.46. The van der Waals surface area contributed by atoms with Crippen molar-refractivity contribution in [1.29, 1.82) is 0 Å². The SMILES string of the molecule is O=C(NC1CC1)C1CCC(c2ccc(F)cc2)N(Cc2ccccc2)C1. The number of halogens is 1. The van der Waals surface area contributed by atoms with E-state index >= 15 is 0 Å². The molecule has 4 rings (SSSR count). The monoisotopic (exact) mass is 352 g/mol. The zero-order valence-electron chi connectivity index (χ0n) is 14.9. The van der Waals surface area contributed by atoms with Crippen molar-refractivity contribution in [3.63, 3.8) is 0 Å². The van der Waals surface area contributed by atoms with Crippen LogP contribution in [0.3, 0.4) is 0 Å². The van der Waals surface area contributed by atoms with E-state index in [4.69, 9.17) is 0 Å². The fourth-order valence-corrected chi connectivity index (χ4v) is 3.86. The van der Waals surface area contributed by atoms with Crippen molar-refractivity contribution in [2.75, 3.05) is 6.54 Å². The molecule has 4 heteroatoms. The van der Waals surface area contributed by atoms with Crippen LogP contribution in [0.15, 0.2) is 54.6 Å². The molecule has 0 radical (unpaired) electrons. The standard InChI is InChI=1S/C22H25FN2O/c23-19-9-6-17(7-10-19)21-13-8-18(22(26)24-20-11-12-20)15-25(21)14-16-4-2-1-3-5-16/h1-7,9-10,18,20-21H,8,11-15H2,(H,24,26). The molecular weight excluding hydrogens is 327 g/mol. The largest absolute Gasteiger partial charge is 0.353 e. The molecule has 2 fully saturated rings. The highest BCUT2D eigenvalue weighted by Gasteiger charge is 2.34. The molecule has 2 aromatic rings. The minimum Gasteiger partial charge on any atom is -0.353 e. The fraction of sp³-hybridized carbons (Fsp3) is 0.409. The van der Waals surface area contributed by atoms with E-state index < -0.39 is 0 Å². The molecule has 1 N–H and O–H groups in total. The van der Waals surface area contributed by atoms with E-state index in [-0.39, 0.29) is 23.7 Å². The van der Waals surface area contributed by atoms with Gasteiger partial charge in [-0.05, 0) is 48.9 Å². The molecule has 3 nitrogen and oxygen atoms in total. The topological polar surface area (TPSA) is 32.3 Å². The Morgan fingerprint density at radius 2 is 1.73 bits per heavy atom. The molecule has 2 aliphatic rings. The van der Waals surface area contributed by atoms with Gasteiger partial charge in [0.1, 0.15) is 5.82 Å². The summed E-state index contributed by atoms with van der Waals surface area (Å²) in [6, 6.07) is 17.8. The Labute approximate surface area is 154 Å². The number of amides is 1. The summed E-state index contributed by atoms with van der Waals surface area (Å²) in [7, 11) is 0. The zero-order chi connectivity index (χ0) is 17.9. The van der Waals surface area contributed by atoms with Gasteiger partial charge in [-0.2, -0.15) is 0 Å². The summed E-state index contributed by atoms with van der Waals surface area (Å²) in [5, 5.41) is 3.15. The second kappa shape index (κ2) is 7.58. The number of hydrogen-bond donors (Lipinski definition) is 1. The Bertz CT molecular complexity index is 742. The number of rotatable bonds is 5. The lowest BCUT2D eigenvalue weighted by Gasteiger charge is -2.39. The molecule has 1 saturated carbocycles. The third kappa shape index (κ3) is 4.13. The third-order valence-corrected chi connectivity index (χ3v) is 5.46. The Morgan fingerprint density at radius 3 is 2.42 bits per heavy atom.